The molecule has 140 valence electrons. The summed E-state index contributed by atoms with van der Waals surface area (Å²) < 4.78 is 10.7. The van der Waals surface area contributed by atoms with Gasteiger partial charge in [0.15, 0.2) is 0 Å². The third-order valence-corrected chi connectivity index (χ3v) is 5.50. The average Bonchev–Trinajstić information content (AvgIpc) is 2.95. The lowest BCUT2D eigenvalue weighted by Gasteiger charge is -2.16. The minimum absolute atomic E-state index is 0.0440. The van der Waals surface area contributed by atoms with Crippen LogP contribution in [0.2, 0.25) is 0 Å². The van der Waals surface area contributed by atoms with Gasteiger partial charge < -0.3 is 14.8 Å². The van der Waals surface area contributed by atoms with Crippen molar-refractivity contribution in [2.75, 3.05) is 24.4 Å². The highest BCUT2D eigenvalue weighted by Crippen LogP contribution is 2.34. The van der Waals surface area contributed by atoms with E-state index < -0.39 is 5.25 Å². The van der Waals surface area contributed by atoms with Crippen molar-refractivity contribution in [3.8, 4) is 11.5 Å². The maximum atomic E-state index is 12.7. The lowest BCUT2D eigenvalue weighted by atomic mass is 10.2. The summed E-state index contributed by atoms with van der Waals surface area (Å²) in [5, 5.41) is 2.24. The number of hydrogen-bond donors (Lipinski definition) is 1. The Labute approximate surface area is 166 Å². The standard InChI is InChI=1S/C19H18N2O4S2/c1-24-14-7-3-12(4-8-14)20-17(22)11-16-18(23)21(19(26)27-16)13-5-9-15(25-2)10-6-13/h3-10,16H,11H2,1-2H3,(H,20,22). The Bertz CT molecular complexity index is 853. The van der Waals surface area contributed by atoms with Gasteiger partial charge in [0.2, 0.25) is 11.8 Å². The number of carbonyl (C=O) groups is 2. The van der Waals surface area contributed by atoms with Crippen LogP contribution in [0.25, 0.3) is 0 Å². The van der Waals surface area contributed by atoms with E-state index in [1.807, 2.05) is 0 Å². The van der Waals surface area contributed by atoms with Gasteiger partial charge in [0.25, 0.3) is 0 Å². The summed E-state index contributed by atoms with van der Waals surface area (Å²) in [4.78, 5) is 26.5. The molecule has 0 bridgehead atoms. The number of anilines is 2. The Hall–Kier alpha value is -2.58. The van der Waals surface area contributed by atoms with Crippen molar-refractivity contribution in [2.24, 2.45) is 0 Å². The molecular formula is C19H18N2O4S2. The molecule has 0 radical (unpaired) electrons. The zero-order valence-electron chi connectivity index (χ0n) is 14.8. The van der Waals surface area contributed by atoms with E-state index >= 15 is 0 Å². The van der Waals surface area contributed by atoms with Crippen molar-refractivity contribution in [2.45, 2.75) is 11.7 Å². The second-order valence-electron chi connectivity index (χ2n) is 5.72. The fourth-order valence-electron chi connectivity index (χ4n) is 2.61. The first-order valence-corrected chi connectivity index (χ1v) is 9.43. The SMILES string of the molecule is COc1ccc(NC(=O)CC2SC(=S)N(c3ccc(OC)cc3)C2=O)cc1. The van der Waals surface area contributed by atoms with Crippen molar-refractivity contribution in [1.29, 1.82) is 0 Å². The molecule has 2 aromatic rings. The summed E-state index contributed by atoms with van der Waals surface area (Å²) >= 11 is 6.57. The monoisotopic (exact) mass is 402 g/mol. The molecule has 1 heterocycles. The van der Waals surface area contributed by atoms with Crippen LogP contribution in [0, 0.1) is 0 Å². The Morgan fingerprint density at radius 3 is 2.19 bits per heavy atom. The van der Waals surface area contributed by atoms with Gasteiger partial charge in [-0.15, -0.1) is 0 Å². The minimum atomic E-state index is -0.544. The van der Waals surface area contributed by atoms with Crippen LogP contribution in [-0.2, 0) is 9.59 Å². The predicted molar refractivity (Wildman–Crippen MR) is 111 cm³/mol. The number of amides is 2. The Balaban J connectivity index is 1.64. The molecule has 0 aliphatic carbocycles. The Morgan fingerprint density at radius 2 is 1.63 bits per heavy atom. The summed E-state index contributed by atoms with van der Waals surface area (Å²) in [6.07, 6.45) is 0.0440. The molecule has 0 aromatic heterocycles. The van der Waals surface area contributed by atoms with Gasteiger partial charge in [0.1, 0.15) is 21.1 Å². The molecule has 1 N–H and O–H groups in total. The topological polar surface area (TPSA) is 67.9 Å². The number of nitrogens with one attached hydrogen (secondary N) is 1. The number of rotatable bonds is 6. The quantitative estimate of drug-likeness (QED) is 0.747. The van der Waals surface area contributed by atoms with E-state index in [9.17, 15) is 9.59 Å². The molecule has 3 rings (SSSR count). The number of hydrogen-bond acceptors (Lipinski definition) is 6. The van der Waals surface area contributed by atoms with Gasteiger partial charge in [0.05, 0.1) is 19.9 Å². The second kappa shape index (κ2) is 8.41. The van der Waals surface area contributed by atoms with Crippen LogP contribution in [0.3, 0.4) is 0 Å². The highest BCUT2D eigenvalue weighted by atomic mass is 32.2. The molecule has 1 aliphatic rings. The maximum Gasteiger partial charge on any atom is 0.246 e. The van der Waals surface area contributed by atoms with Crippen molar-refractivity contribution < 1.29 is 19.1 Å². The Kier molecular flexibility index (Phi) is 5.98. The van der Waals surface area contributed by atoms with Gasteiger partial charge in [-0.2, -0.15) is 0 Å². The molecule has 1 atom stereocenters. The van der Waals surface area contributed by atoms with Crippen molar-refractivity contribution in [1.82, 2.24) is 0 Å². The highest BCUT2D eigenvalue weighted by Gasteiger charge is 2.39. The zero-order chi connectivity index (χ0) is 19.4. The van der Waals surface area contributed by atoms with Gasteiger partial charge in [-0.25, -0.2) is 0 Å². The minimum Gasteiger partial charge on any atom is -0.497 e. The van der Waals surface area contributed by atoms with Crippen LogP contribution < -0.4 is 19.7 Å². The molecule has 1 unspecified atom stereocenters. The van der Waals surface area contributed by atoms with Crippen LogP contribution in [0.4, 0.5) is 11.4 Å². The van der Waals surface area contributed by atoms with Crippen LogP contribution >= 0.6 is 24.0 Å². The van der Waals surface area contributed by atoms with E-state index in [0.717, 1.165) is 0 Å². The van der Waals surface area contributed by atoms with E-state index in [4.69, 9.17) is 21.7 Å². The van der Waals surface area contributed by atoms with E-state index in [1.54, 1.807) is 62.8 Å². The molecule has 6 nitrogen and oxygen atoms in total. The molecule has 2 aromatic carbocycles. The van der Waals surface area contributed by atoms with Crippen molar-refractivity contribution >= 4 is 51.5 Å². The number of carbonyl (C=O) groups excluding carboxylic acids is 2. The lowest BCUT2D eigenvalue weighted by molar-refractivity contribution is -0.121. The Morgan fingerprint density at radius 1 is 1.07 bits per heavy atom. The van der Waals surface area contributed by atoms with Gasteiger partial charge in [0, 0.05) is 12.1 Å². The summed E-state index contributed by atoms with van der Waals surface area (Å²) in [5.41, 5.74) is 1.31. The van der Waals surface area contributed by atoms with Gasteiger partial charge in [-0.05, 0) is 48.5 Å². The number of thiocarbonyl (C=S) groups is 1. The molecule has 1 aliphatic heterocycles. The van der Waals surface area contributed by atoms with E-state index in [2.05, 4.69) is 5.32 Å². The van der Waals surface area contributed by atoms with Crippen LogP contribution in [0.5, 0.6) is 11.5 Å². The van der Waals surface area contributed by atoms with Crippen LogP contribution in [0.1, 0.15) is 6.42 Å². The van der Waals surface area contributed by atoms with E-state index in [1.165, 1.54) is 16.7 Å². The molecule has 1 saturated heterocycles. The third-order valence-electron chi connectivity index (χ3n) is 4.00. The van der Waals surface area contributed by atoms with Crippen molar-refractivity contribution in [3.63, 3.8) is 0 Å². The maximum absolute atomic E-state index is 12.7. The van der Waals surface area contributed by atoms with Gasteiger partial charge in [-0.3, -0.25) is 14.5 Å². The summed E-state index contributed by atoms with van der Waals surface area (Å²) in [7, 11) is 3.15. The van der Waals surface area contributed by atoms with Crippen LogP contribution in [0.15, 0.2) is 48.5 Å². The molecule has 0 saturated carbocycles. The van der Waals surface area contributed by atoms with Gasteiger partial charge >= 0.3 is 0 Å². The fraction of sp³-hybridized carbons (Fsp3) is 0.211. The predicted octanol–water partition coefficient (Wildman–Crippen LogP) is 3.47. The first-order chi connectivity index (χ1) is 13.0. The fourth-order valence-corrected chi connectivity index (χ4v) is 4.14. The molecule has 27 heavy (non-hydrogen) atoms. The largest absolute Gasteiger partial charge is 0.497 e. The number of thioether (sulfide) groups is 1. The number of ether oxygens (including phenoxy) is 2. The number of benzene rings is 2. The number of nitrogens with zero attached hydrogens (tertiary/aromatic N) is 1. The first kappa shape index (κ1) is 19.2. The highest BCUT2D eigenvalue weighted by molar-refractivity contribution is 8.25. The molecule has 0 spiro atoms. The van der Waals surface area contributed by atoms with Crippen molar-refractivity contribution in [3.05, 3.63) is 48.5 Å². The summed E-state index contributed by atoms with van der Waals surface area (Å²) in [5.74, 6) is 0.958. The summed E-state index contributed by atoms with van der Waals surface area (Å²) in [6, 6.07) is 14.1. The van der Waals surface area contributed by atoms with E-state index in [-0.39, 0.29) is 18.2 Å². The number of methoxy groups -OCH3 is 2. The third kappa shape index (κ3) is 4.40. The molecule has 8 heteroatoms. The lowest BCUT2D eigenvalue weighted by Crippen LogP contribution is -2.32. The normalized spacial score (nSPS) is 16.4. The first-order valence-electron chi connectivity index (χ1n) is 8.14. The second-order valence-corrected chi connectivity index (χ2v) is 7.56. The molecular weight excluding hydrogens is 384 g/mol. The van der Waals surface area contributed by atoms with E-state index in [0.29, 0.717) is 27.2 Å². The molecule has 1 fully saturated rings. The average molecular weight is 402 g/mol. The molecule has 2 amide bonds. The zero-order valence-corrected chi connectivity index (χ0v) is 16.4. The smallest absolute Gasteiger partial charge is 0.246 e. The van der Waals surface area contributed by atoms with Gasteiger partial charge in [-0.1, -0.05) is 24.0 Å². The van der Waals surface area contributed by atoms with Crippen LogP contribution in [-0.4, -0.2) is 35.6 Å². The summed E-state index contributed by atoms with van der Waals surface area (Å²) in [6.45, 7) is 0.